The van der Waals surface area contributed by atoms with E-state index in [1.165, 1.54) is 0 Å². The van der Waals surface area contributed by atoms with Crippen LogP contribution in [0.2, 0.25) is 0 Å². The maximum absolute atomic E-state index is 12.5. The van der Waals surface area contributed by atoms with Gasteiger partial charge in [0.05, 0.1) is 18.8 Å². The van der Waals surface area contributed by atoms with Crippen LogP contribution in [0.25, 0.3) is 0 Å². The Morgan fingerprint density at radius 1 is 0.743 bits per heavy atom. The van der Waals surface area contributed by atoms with Gasteiger partial charge in [0.25, 0.3) is 0 Å². The standard InChI is InChI=1S/C27H26O8/c1-18-12-23(35-27(28)19-2-4-20(5-3-19)29-13-24-15-31-24)10-11-26(18)34-17-33-22-8-6-21(7-9-22)30-14-25-16-32-25/h2-12,24-25H,13-17H2,1H3. The first-order chi connectivity index (χ1) is 17.1. The molecule has 2 heterocycles. The smallest absolute Gasteiger partial charge is 0.343 e. The lowest BCUT2D eigenvalue weighted by Crippen LogP contribution is -2.10. The van der Waals surface area contributed by atoms with Crippen molar-refractivity contribution in [2.24, 2.45) is 0 Å². The predicted molar refractivity (Wildman–Crippen MR) is 126 cm³/mol. The molecule has 0 aromatic heterocycles. The van der Waals surface area contributed by atoms with Crippen LogP contribution in [0.1, 0.15) is 15.9 Å². The molecule has 0 bridgehead atoms. The second-order valence-corrected chi connectivity index (χ2v) is 8.25. The number of benzene rings is 3. The average Bonchev–Trinajstić information content (AvgIpc) is 3.79. The fraction of sp³-hybridized carbons (Fsp3) is 0.296. The van der Waals surface area contributed by atoms with Crippen LogP contribution in [0.15, 0.2) is 66.7 Å². The van der Waals surface area contributed by atoms with E-state index in [1.807, 2.05) is 31.2 Å². The van der Waals surface area contributed by atoms with E-state index >= 15 is 0 Å². The summed E-state index contributed by atoms with van der Waals surface area (Å²) in [5.74, 6) is 2.73. The Labute approximate surface area is 203 Å². The number of carbonyl (C=O) groups is 1. The van der Waals surface area contributed by atoms with Crippen molar-refractivity contribution < 1.29 is 38.0 Å². The van der Waals surface area contributed by atoms with Gasteiger partial charge in [0.2, 0.25) is 6.79 Å². The first-order valence-electron chi connectivity index (χ1n) is 11.4. The zero-order valence-corrected chi connectivity index (χ0v) is 19.3. The van der Waals surface area contributed by atoms with Crippen LogP contribution >= 0.6 is 0 Å². The number of aryl methyl sites for hydroxylation is 1. The zero-order valence-electron chi connectivity index (χ0n) is 19.3. The second-order valence-electron chi connectivity index (χ2n) is 8.25. The average molecular weight is 478 g/mol. The zero-order chi connectivity index (χ0) is 24.0. The lowest BCUT2D eigenvalue weighted by atomic mass is 10.2. The van der Waals surface area contributed by atoms with Crippen LogP contribution in [0.5, 0.6) is 28.7 Å². The predicted octanol–water partition coefficient (Wildman–Crippen LogP) is 4.18. The van der Waals surface area contributed by atoms with Crippen molar-refractivity contribution in [3.8, 4) is 28.7 Å². The van der Waals surface area contributed by atoms with Crippen molar-refractivity contribution in [1.82, 2.24) is 0 Å². The quantitative estimate of drug-likeness (QED) is 0.166. The van der Waals surface area contributed by atoms with E-state index in [-0.39, 0.29) is 19.0 Å². The maximum Gasteiger partial charge on any atom is 0.343 e. The molecule has 2 aliphatic heterocycles. The van der Waals surface area contributed by atoms with Crippen LogP contribution in [0.4, 0.5) is 0 Å². The summed E-state index contributed by atoms with van der Waals surface area (Å²) >= 11 is 0. The van der Waals surface area contributed by atoms with Gasteiger partial charge in [-0.2, -0.15) is 0 Å². The highest BCUT2D eigenvalue weighted by Crippen LogP contribution is 2.25. The molecular weight excluding hydrogens is 452 g/mol. The van der Waals surface area contributed by atoms with Gasteiger partial charge in [0, 0.05) is 0 Å². The number of hydrogen-bond donors (Lipinski definition) is 0. The molecule has 35 heavy (non-hydrogen) atoms. The van der Waals surface area contributed by atoms with Gasteiger partial charge >= 0.3 is 5.97 Å². The van der Waals surface area contributed by atoms with Crippen molar-refractivity contribution in [2.75, 3.05) is 33.2 Å². The van der Waals surface area contributed by atoms with Crippen LogP contribution < -0.4 is 23.7 Å². The molecule has 2 unspecified atom stereocenters. The Morgan fingerprint density at radius 2 is 1.26 bits per heavy atom. The summed E-state index contributed by atoms with van der Waals surface area (Å²) in [6, 6.07) is 19.3. The Bertz CT molecular complexity index is 1130. The van der Waals surface area contributed by atoms with Gasteiger partial charge < -0.3 is 33.2 Å². The summed E-state index contributed by atoms with van der Waals surface area (Å²) < 4.78 is 38.3. The normalized spacial score (nSPS) is 17.9. The minimum atomic E-state index is -0.449. The van der Waals surface area contributed by atoms with Crippen LogP contribution in [0.3, 0.4) is 0 Å². The van der Waals surface area contributed by atoms with E-state index in [0.29, 0.717) is 41.8 Å². The molecule has 2 fully saturated rings. The van der Waals surface area contributed by atoms with Gasteiger partial charge in [-0.3, -0.25) is 0 Å². The fourth-order valence-corrected chi connectivity index (χ4v) is 3.20. The minimum absolute atomic E-state index is 0.0391. The topological polar surface area (TPSA) is 88.3 Å². The van der Waals surface area contributed by atoms with Crippen molar-refractivity contribution in [2.45, 2.75) is 19.1 Å². The van der Waals surface area contributed by atoms with E-state index in [2.05, 4.69) is 0 Å². The second kappa shape index (κ2) is 10.7. The van der Waals surface area contributed by atoms with Crippen LogP contribution in [0, 0.1) is 6.92 Å². The number of epoxide rings is 2. The van der Waals surface area contributed by atoms with Crippen molar-refractivity contribution in [3.05, 3.63) is 77.9 Å². The van der Waals surface area contributed by atoms with Gasteiger partial charge in [-0.1, -0.05) is 0 Å². The molecule has 2 aliphatic rings. The summed E-state index contributed by atoms with van der Waals surface area (Å²) in [5, 5.41) is 0. The number of hydrogen-bond acceptors (Lipinski definition) is 8. The maximum atomic E-state index is 12.5. The molecule has 3 aromatic carbocycles. The van der Waals surface area contributed by atoms with E-state index in [1.54, 1.807) is 42.5 Å². The lowest BCUT2D eigenvalue weighted by Gasteiger charge is -2.12. The minimum Gasteiger partial charge on any atom is -0.491 e. The number of rotatable bonds is 12. The molecule has 0 aliphatic carbocycles. The third-order valence-electron chi connectivity index (χ3n) is 5.39. The Kier molecular flexibility index (Phi) is 7.02. The molecule has 2 atom stereocenters. The highest BCUT2D eigenvalue weighted by Gasteiger charge is 2.23. The molecule has 0 N–H and O–H groups in total. The molecule has 3 aromatic rings. The van der Waals surface area contributed by atoms with Crippen LogP contribution in [-0.4, -0.2) is 51.4 Å². The van der Waals surface area contributed by atoms with E-state index in [4.69, 9.17) is 33.2 Å². The Morgan fingerprint density at radius 3 is 1.80 bits per heavy atom. The number of esters is 1. The Hall–Kier alpha value is -3.75. The third kappa shape index (κ3) is 6.88. The molecule has 8 heteroatoms. The van der Waals surface area contributed by atoms with Crippen molar-refractivity contribution >= 4 is 5.97 Å². The van der Waals surface area contributed by atoms with E-state index < -0.39 is 5.97 Å². The molecular formula is C27H26O8. The lowest BCUT2D eigenvalue weighted by molar-refractivity contribution is 0.0734. The molecule has 0 spiro atoms. The summed E-state index contributed by atoms with van der Waals surface area (Å²) in [6.45, 7) is 4.49. The van der Waals surface area contributed by atoms with Gasteiger partial charge in [0.15, 0.2) is 0 Å². The molecule has 0 radical (unpaired) electrons. The highest BCUT2D eigenvalue weighted by atomic mass is 16.7. The highest BCUT2D eigenvalue weighted by molar-refractivity contribution is 5.91. The molecule has 182 valence electrons. The monoisotopic (exact) mass is 478 g/mol. The SMILES string of the molecule is Cc1cc(OC(=O)c2ccc(OCC3CO3)cc2)ccc1OCOc1ccc(OCC2CO2)cc1. The molecule has 0 amide bonds. The number of ether oxygens (including phenoxy) is 7. The molecule has 8 nitrogen and oxygen atoms in total. The summed E-state index contributed by atoms with van der Waals surface area (Å²) in [6.07, 6.45) is 0.400. The summed E-state index contributed by atoms with van der Waals surface area (Å²) in [5.41, 5.74) is 1.25. The number of carbonyl (C=O) groups excluding carboxylic acids is 1. The van der Waals surface area contributed by atoms with Gasteiger partial charge in [0.1, 0.15) is 54.2 Å². The summed E-state index contributed by atoms with van der Waals surface area (Å²) in [4.78, 5) is 12.5. The third-order valence-corrected chi connectivity index (χ3v) is 5.39. The largest absolute Gasteiger partial charge is 0.491 e. The molecule has 5 rings (SSSR count). The van der Waals surface area contributed by atoms with E-state index in [0.717, 1.165) is 24.5 Å². The van der Waals surface area contributed by atoms with Crippen LogP contribution in [-0.2, 0) is 9.47 Å². The molecule has 2 saturated heterocycles. The van der Waals surface area contributed by atoms with Gasteiger partial charge in [-0.25, -0.2) is 4.79 Å². The summed E-state index contributed by atoms with van der Waals surface area (Å²) in [7, 11) is 0. The first-order valence-corrected chi connectivity index (χ1v) is 11.4. The van der Waals surface area contributed by atoms with Crippen molar-refractivity contribution in [1.29, 1.82) is 0 Å². The Balaban J connectivity index is 1.07. The van der Waals surface area contributed by atoms with Gasteiger partial charge in [-0.15, -0.1) is 0 Å². The van der Waals surface area contributed by atoms with E-state index in [9.17, 15) is 4.79 Å². The van der Waals surface area contributed by atoms with Crippen molar-refractivity contribution in [3.63, 3.8) is 0 Å². The van der Waals surface area contributed by atoms with Gasteiger partial charge in [-0.05, 0) is 79.2 Å². The molecule has 0 saturated carbocycles. The first kappa shape index (κ1) is 23.0. The fourth-order valence-electron chi connectivity index (χ4n) is 3.20.